The van der Waals surface area contributed by atoms with Crippen LogP contribution in [0.3, 0.4) is 0 Å². The maximum atomic E-state index is 3.63. The van der Waals surface area contributed by atoms with Crippen LogP contribution in [0.25, 0.3) is 0 Å². The Morgan fingerprint density at radius 1 is 1.05 bits per heavy atom. The van der Waals surface area contributed by atoms with Crippen LogP contribution in [-0.4, -0.2) is 13.1 Å². The third-order valence-electron chi connectivity index (χ3n) is 4.83. The molecule has 108 valence electrons. The molecule has 0 spiro atoms. The van der Waals surface area contributed by atoms with Crippen molar-refractivity contribution >= 4 is 0 Å². The fourth-order valence-corrected chi connectivity index (χ4v) is 3.78. The van der Waals surface area contributed by atoms with Gasteiger partial charge in [0.25, 0.3) is 0 Å². The lowest BCUT2D eigenvalue weighted by molar-refractivity contribution is 0.210. The number of rotatable bonds is 8. The van der Waals surface area contributed by atoms with Crippen LogP contribution in [0.2, 0.25) is 0 Å². The van der Waals surface area contributed by atoms with E-state index in [2.05, 4.69) is 70.4 Å². The van der Waals surface area contributed by atoms with Crippen molar-refractivity contribution in [2.45, 2.75) is 64.8 Å². The Kier molecular flexibility index (Phi) is 6.57. The Balaban J connectivity index is 3.16. The highest BCUT2D eigenvalue weighted by molar-refractivity contribution is 5.28. The van der Waals surface area contributed by atoms with Gasteiger partial charge in [-0.1, -0.05) is 64.4 Å². The van der Waals surface area contributed by atoms with Gasteiger partial charge in [0.05, 0.1) is 0 Å². The van der Waals surface area contributed by atoms with E-state index in [0.29, 0.717) is 12.0 Å². The maximum Gasteiger partial charge on any atom is 0.0186 e. The fourth-order valence-electron chi connectivity index (χ4n) is 3.78. The monoisotopic (exact) mass is 261 g/mol. The highest BCUT2D eigenvalue weighted by atomic mass is 14.9. The molecule has 2 unspecified atom stereocenters. The minimum Gasteiger partial charge on any atom is -0.316 e. The lowest BCUT2D eigenvalue weighted by Crippen LogP contribution is -2.50. The predicted molar refractivity (Wildman–Crippen MR) is 85.6 cm³/mol. The van der Waals surface area contributed by atoms with Crippen molar-refractivity contribution < 1.29 is 0 Å². The quantitative estimate of drug-likeness (QED) is 0.711. The summed E-state index contributed by atoms with van der Waals surface area (Å²) in [6.07, 6.45) is 4.93. The molecule has 1 aromatic rings. The number of nitrogens with one attached hydrogen (secondary N) is 1. The zero-order valence-electron chi connectivity index (χ0n) is 13.4. The van der Waals surface area contributed by atoms with Crippen molar-refractivity contribution in [3.05, 3.63) is 35.9 Å². The highest BCUT2D eigenvalue weighted by Crippen LogP contribution is 2.39. The Morgan fingerprint density at radius 3 is 2.05 bits per heavy atom. The first-order chi connectivity index (χ1) is 9.16. The van der Waals surface area contributed by atoms with Crippen LogP contribution >= 0.6 is 0 Å². The molecule has 0 fully saturated rings. The van der Waals surface area contributed by atoms with E-state index in [1.165, 1.54) is 31.2 Å². The van der Waals surface area contributed by atoms with Crippen LogP contribution in [0.1, 0.15) is 58.9 Å². The van der Waals surface area contributed by atoms with Gasteiger partial charge in [0.15, 0.2) is 0 Å². The Labute approximate surface area is 119 Å². The SMILES string of the molecule is CCCC(C)C(NC)C(CC)(CC)c1ccccc1. The average molecular weight is 261 g/mol. The smallest absolute Gasteiger partial charge is 0.0186 e. The molecule has 2 atom stereocenters. The van der Waals surface area contributed by atoms with Gasteiger partial charge < -0.3 is 5.32 Å². The summed E-state index contributed by atoms with van der Waals surface area (Å²) in [6.45, 7) is 9.35. The standard InChI is InChI=1S/C18H31N/c1-6-12-15(4)17(19-5)18(7-2,8-3)16-13-10-9-11-14-16/h9-11,13-15,17,19H,6-8,12H2,1-5H3. The number of benzene rings is 1. The number of hydrogen-bond donors (Lipinski definition) is 1. The Bertz CT molecular complexity index is 340. The van der Waals surface area contributed by atoms with Crippen LogP contribution in [0.4, 0.5) is 0 Å². The first-order valence-corrected chi connectivity index (χ1v) is 7.89. The predicted octanol–water partition coefficient (Wildman–Crippen LogP) is 4.77. The van der Waals surface area contributed by atoms with Gasteiger partial charge in [0.1, 0.15) is 0 Å². The average Bonchev–Trinajstić information content (AvgIpc) is 2.46. The molecule has 1 aromatic carbocycles. The van der Waals surface area contributed by atoms with Gasteiger partial charge in [-0.25, -0.2) is 0 Å². The van der Waals surface area contributed by atoms with Gasteiger partial charge in [-0.3, -0.25) is 0 Å². The molecular formula is C18H31N. The molecule has 0 radical (unpaired) electrons. The third-order valence-corrected chi connectivity index (χ3v) is 4.83. The molecule has 19 heavy (non-hydrogen) atoms. The van der Waals surface area contributed by atoms with Gasteiger partial charge in [-0.2, -0.15) is 0 Å². The van der Waals surface area contributed by atoms with Gasteiger partial charge in [0, 0.05) is 11.5 Å². The van der Waals surface area contributed by atoms with Crippen molar-refractivity contribution in [1.82, 2.24) is 5.32 Å². The number of likely N-dealkylation sites (N-methyl/N-ethyl adjacent to an activating group) is 1. The molecule has 0 aliphatic carbocycles. The van der Waals surface area contributed by atoms with E-state index < -0.39 is 0 Å². The summed E-state index contributed by atoms with van der Waals surface area (Å²) in [4.78, 5) is 0. The minimum absolute atomic E-state index is 0.255. The van der Waals surface area contributed by atoms with Gasteiger partial charge in [-0.15, -0.1) is 0 Å². The van der Waals surface area contributed by atoms with Crippen molar-refractivity contribution in [2.24, 2.45) is 5.92 Å². The Morgan fingerprint density at radius 2 is 1.63 bits per heavy atom. The molecule has 0 saturated heterocycles. The van der Waals surface area contributed by atoms with Crippen molar-refractivity contribution in [1.29, 1.82) is 0 Å². The molecule has 1 N–H and O–H groups in total. The van der Waals surface area contributed by atoms with Gasteiger partial charge in [-0.05, 0) is 37.8 Å². The second kappa shape index (κ2) is 7.69. The first kappa shape index (κ1) is 16.2. The van der Waals surface area contributed by atoms with Gasteiger partial charge >= 0.3 is 0 Å². The van der Waals surface area contributed by atoms with E-state index in [9.17, 15) is 0 Å². The van der Waals surface area contributed by atoms with Crippen LogP contribution in [0.5, 0.6) is 0 Å². The minimum atomic E-state index is 0.255. The topological polar surface area (TPSA) is 12.0 Å². The molecule has 1 heteroatoms. The summed E-state index contributed by atoms with van der Waals surface area (Å²) in [5.74, 6) is 0.704. The van der Waals surface area contributed by atoms with E-state index in [4.69, 9.17) is 0 Å². The number of hydrogen-bond acceptors (Lipinski definition) is 1. The van der Waals surface area contributed by atoms with E-state index in [1.807, 2.05) is 0 Å². The normalized spacial score (nSPS) is 15.2. The fraction of sp³-hybridized carbons (Fsp3) is 0.667. The van der Waals surface area contributed by atoms with Crippen LogP contribution < -0.4 is 5.32 Å². The zero-order valence-corrected chi connectivity index (χ0v) is 13.4. The zero-order chi connectivity index (χ0) is 14.3. The summed E-state index contributed by atoms with van der Waals surface area (Å²) in [5.41, 5.74) is 1.74. The summed E-state index contributed by atoms with van der Waals surface area (Å²) >= 11 is 0. The lowest BCUT2D eigenvalue weighted by atomic mass is 9.66. The molecule has 0 aromatic heterocycles. The molecule has 0 aliphatic rings. The van der Waals surface area contributed by atoms with E-state index in [-0.39, 0.29) is 5.41 Å². The Hall–Kier alpha value is -0.820. The summed E-state index contributed by atoms with van der Waals surface area (Å²) < 4.78 is 0. The van der Waals surface area contributed by atoms with Gasteiger partial charge in [0.2, 0.25) is 0 Å². The second-order valence-corrected chi connectivity index (χ2v) is 5.76. The second-order valence-electron chi connectivity index (χ2n) is 5.76. The third kappa shape index (κ3) is 3.39. The highest BCUT2D eigenvalue weighted by Gasteiger charge is 2.38. The maximum absolute atomic E-state index is 3.63. The molecule has 1 nitrogen and oxygen atoms in total. The van der Waals surface area contributed by atoms with Crippen LogP contribution in [0.15, 0.2) is 30.3 Å². The van der Waals surface area contributed by atoms with E-state index in [1.54, 1.807) is 0 Å². The molecule has 0 bridgehead atoms. The van der Waals surface area contributed by atoms with Crippen molar-refractivity contribution in [3.8, 4) is 0 Å². The van der Waals surface area contributed by atoms with E-state index >= 15 is 0 Å². The van der Waals surface area contributed by atoms with Crippen molar-refractivity contribution in [2.75, 3.05) is 7.05 Å². The summed E-state index contributed by atoms with van der Waals surface area (Å²) in [6, 6.07) is 11.6. The molecule has 0 saturated carbocycles. The van der Waals surface area contributed by atoms with Crippen LogP contribution in [0, 0.1) is 5.92 Å². The molecular weight excluding hydrogens is 230 g/mol. The van der Waals surface area contributed by atoms with E-state index in [0.717, 1.165) is 0 Å². The molecule has 1 rings (SSSR count). The van der Waals surface area contributed by atoms with Crippen molar-refractivity contribution in [3.63, 3.8) is 0 Å². The molecule has 0 heterocycles. The summed E-state index contributed by atoms with van der Waals surface area (Å²) in [7, 11) is 2.12. The lowest BCUT2D eigenvalue weighted by Gasteiger charge is -2.43. The molecule has 0 amide bonds. The summed E-state index contributed by atoms with van der Waals surface area (Å²) in [5, 5.41) is 3.63. The molecule has 0 aliphatic heterocycles. The largest absolute Gasteiger partial charge is 0.316 e. The van der Waals surface area contributed by atoms with Crippen LogP contribution in [-0.2, 0) is 5.41 Å². The first-order valence-electron chi connectivity index (χ1n) is 7.89.